The topological polar surface area (TPSA) is 33.1 Å². The fraction of sp³-hybridized carbons (Fsp3) is 0.188. The molecule has 1 N–H and O–H groups in total. The van der Waals surface area contributed by atoms with Gasteiger partial charge in [-0.25, -0.2) is 0 Å². The minimum atomic E-state index is -4.38. The molecule has 0 amide bonds. The lowest BCUT2D eigenvalue weighted by atomic mass is 9.96. The number of aliphatic hydroxyl groups excluding tert-OH is 1. The summed E-state index contributed by atoms with van der Waals surface area (Å²) >= 11 is 0. The monoisotopic (exact) mass is 293 g/mol. The highest BCUT2D eigenvalue weighted by Crippen LogP contribution is 2.32. The molecule has 1 heterocycles. The van der Waals surface area contributed by atoms with E-state index in [9.17, 15) is 13.2 Å². The molecule has 2 aromatic rings. The van der Waals surface area contributed by atoms with Crippen LogP contribution in [0, 0.1) is 0 Å². The summed E-state index contributed by atoms with van der Waals surface area (Å²) in [6, 6.07) is 8.63. The largest absolute Gasteiger partial charge is 0.416 e. The van der Waals surface area contributed by atoms with Crippen molar-refractivity contribution in [2.75, 3.05) is 6.61 Å². The van der Waals surface area contributed by atoms with Gasteiger partial charge in [0.25, 0.3) is 0 Å². The predicted octanol–water partition coefficient (Wildman–Crippen LogP) is 3.91. The van der Waals surface area contributed by atoms with E-state index < -0.39 is 11.7 Å². The number of hydrogen-bond acceptors (Lipinski definition) is 2. The average Bonchev–Trinajstić information content (AvgIpc) is 2.48. The van der Waals surface area contributed by atoms with Crippen LogP contribution in [0.4, 0.5) is 13.2 Å². The van der Waals surface area contributed by atoms with Crippen LogP contribution in [0.15, 0.2) is 54.9 Å². The Kier molecular flexibility index (Phi) is 4.75. The van der Waals surface area contributed by atoms with Crippen LogP contribution in [-0.4, -0.2) is 16.7 Å². The third kappa shape index (κ3) is 3.92. The van der Waals surface area contributed by atoms with Gasteiger partial charge in [0.05, 0.1) is 5.56 Å². The second-order valence-corrected chi connectivity index (χ2v) is 4.45. The zero-order valence-corrected chi connectivity index (χ0v) is 11.1. The van der Waals surface area contributed by atoms with E-state index >= 15 is 0 Å². The van der Waals surface area contributed by atoms with Crippen molar-refractivity contribution >= 4 is 5.57 Å². The van der Waals surface area contributed by atoms with Gasteiger partial charge in [0, 0.05) is 24.6 Å². The Bertz CT molecular complexity index is 621. The van der Waals surface area contributed by atoms with Crippen LogP contribution < -0.4 is 0 Å². The van der Waals surface area contributed by atoms with Crippen molar-refractivity contribution in [1.29, 1.82) is 0 Å². The number of alkyl halides is 3. The van der Waals surface area contributed by atoms with Gasteiger partial charge in [-0.05, 0) is 35.8 Å². The number of aliphatic hydroxyl groups is 1. The van der Waals surface area contributed by atoms with Crippen LogP contribution in [0.3, 0.4) is 0 Å². The van der Waals surface area contributed by atoms with Gasteiger partial charge in [-0.2, -0.15) is 13.2 Å². The molecule has 2 rings (SSSR count). The Morgan fingerprint density at radius 3 is 2.52 bits per heavy atom. The number of benzene rings is 1. The zero-order valence-electron chi connectivity index (χ0n) is 11.1. The molecule has 0 saturated heterocycles. The quantitative estimate of drug-likeness (QED) is 0.927. The van der Waals surface area contributed by atoms with E-state index in [4.69, 9.17) is 5.11 Å². The van der Waals surface area contributed by atoms with Crippen LogP contribution in [-0.2, 0) is 6.18 Å². The Morgan fingerprint density at radius 2 is 1.90 bits per heavy atom. The Morgan fingerprint density at radius 1 is 1.14 bits per heavy atom. The van der Waals surface area contributed by atoms with E-state index in [-0.39, 0.29) is 6.61 Å². The van der Waals surface area contributed by atoms with E-state index in [1.807, 2.05) is 0 Å². The Labute approximate surface area is 120 Å². The molecule has 0 fully saturated rings. The number of hydrogen-bond donors (Lipinski definition) is 1. The van der Waals surface area contributed by atoms with Gasteiger partial charge < -0.3 is 5.11 Å². The van der Waals surface area contributed by atoms with Gasteiger partial charge in [-0.1, -0.05) is 24.3 Å². The van der Waals surface area contributed by atoms with Crippen LogP contribution >= 0.6 is 0 Å². The molecule has 5 heteroatoms. The molecule has 0 saturated carbocycles. The lowest BCUT2D eigenvalue weighted by Crippen LogP contribution is -2.05. The first-order chi connectivity index (χ1) is 10.0. The summed E-state index contributed by atoms with van der Waals surface area (Å²) in [4.78, 5) is 3.98. The van der Waals surface area contributed by atoms with Gasteiger partial charge in [0.15, 0.2) is 0 Å². The number of nitrogens with zero attached hydrogens (tertiary/aromatic N) is 1. The summed E-state index contributed by atoms with van der Waals surface area (Å²) in [5.41, 5.74) is 1.10. The lowest BCUT2D eigenvalue weighted by molar-refractivity contribution is -0.137. The number of aromatic nitrogens is 1. The Hall–Kier alpha value is -2.14. The summed E-state index contributed by atoms with van der Waals surface area (Å²) in [5, 5.41) is 8.95. The molecule has 1 aromatic heterocycles. The summed E-state index contributed by atoms with van der Waals surface area (Å²) in [6.07, 6.45) is 0.878. The lowest BCUT2D eigenvalue weighted by Gasteiger charge is -2.12. The van der Waals surface area contributed by atoms with Gasteiger partial charge in [0.2, 0.25) is 0 Å². The van der Waals surface area contributed by atoms with E-state index in [0.717, 1.165) is 12.1 Å². The molecule has 1 aromatic carbocycles. The molecule has 0 aliphatic rings. The molecule has 2 nitrogen and oxygen atoms in total. The van der Waals surface area contributed by atoms with Gasteiger partial charge in [-0.3, -0.25) is 4.98 Å². The van der Waals surface area contributed by atoms with Crippen molar-refractivity contribution in [3.63, 3.8) is 0 Å². The smallest absolute Gasteiger partial charge is 0.396 e. The van der Waals surface area contributed by atoms with E-state index in [2.05, 4.69) is 4.98 Å². The van der Waals surface area contributed by atoms with Gasteiger partial charge >= 0.3 is 6.18 Å². The van der Waals surface area contributed by atoms with Crippen molar-refractivity contribution in [1.82, 2.24) is 4.98 Å². The fourth-order valence-corrected chi connectivity index (χ4v) is 2.00. The van der Waals surface area contributed by atoms with Crippen molar-refractivity contribution < 1.29 is 18.3 Å². The standard InChI is InChI=1S/C16H14F3NO/c17-16(18,19)14-6-1-4-12(10-14)15(7-3-9-21)13-5-2-8-20-11-13/h1-2,4-8,10-11,21H,3,9H2/b15-7+. The molecular weight excluding hydrogens is 279 g/mol. The summed E-state index contributed by atoms with van der Waals surface area (Å²) in [6.45, 7) is -0.0667. The summed E-state index contributed by atoms with van der Waals surface area (Å²) in [5.74, 6) is 0. The van der Waals surface area contributed by atoms with E-state index in [0.29, 0.717) is 23.1 Å². The average molecular weight is 293 g/mol. The highest BCUT2D eigenvalue weighted by Gasteiger charge is 2.30. The molecule has 0 spiro atoms. The third-order valence-corrected chi connectivity index (χ3v) is 2.95. The van der Waals surface area contributed by atoms with Crippen LogP contribution in [0.2, 0.25) is 0 Å². The minimum absolute atomic E-state index is 0.0667. The highest BCUT2D eigenvalue weighted by molar-refractivity contribution is 5.79. The first-order valence-electron chi connectivity index (χ1n) is 6.41. The van der Waals surface area contributed by atoms with Crippen LogP contribution in [0.1, 0.15) is 23.1 Å². The molecule has 0 aliphatic carbocycles. The molecule has 0 unspecified atom stereocenters. The third-order valence-electron chi connectivity index (χ3n) is 2.95. The molecular formula is C16H14F3NO. The maximum absolute atomic E-state index is 12.8. The Balaban J connectivity index is 2.48. The van der Waals surface area contributed by atoms with Crippen molar-refractivity contribution in [3.8, 4) is 0 Å². The maximum Gasteiger partial charge on any atom is 0.416 e. The number of pyridine rings is 1. The van der Waals surface area contributed by atoms with Crippen molar-refractivity contribution in [2.24, 2.45) is 0 Å². The van der Waals surface area contributed by atoms with Crippen LogP contribution in [0.5, 0.6) is 0 Å². The van der Waals surface area contributed by atoms with Gasteiger partial charge in [0.1, 0.15) is 0 Å². The second kappa shape index (κ2) is 6.54. The zero-order chi connectivity index (χ0) is 15.3. The normalized spacial score (nSPS) is 12.5. The fourth-order valence-electron chi connectivity index (χ4n) is 2.00. The molecule has 0 aliphatic heterocycles. The first kappa shape index (κ1) is 15.3. The summed E-state index contributed by atoms with van der Waals surface area (Å²) < 4.78 is 38.4. The first-order valence-corrected chi connectivity index (χ1v) is 6.41. The van der Waals surface area contributed by atoms with Crippen molar-refractivity contribution in [2.45, 2.75) is 12.6 Å². The molecule has 110 valence electrons. The number of halogens is 3. The SMILES string of the molecule is OCC/C=C(/c1cccnc1)c1cccc(C(F)(F)F)c1. The number of rotatable bonds is 4. The maximum atomic E-state index is 12.8. The van der Waals surface area contributed by atoms with E-state index in [1.54, 1.807) is 36.7 Å². The van der Waals surface area contributed by atoms with E-state index in [1.165, 1.54) is 6.07 Å². The van der Waals surface area contributed by atoms with Crippen molar-refractivity contribution in [3.05, 3.63) is 71.6 Å². The highest BCUT2D eigenvalue weighted by atomic mass is 19.4. The molecule has 21 heavy (non-hydrogen) atoms. The molecule has 0 atom stereocenters. The van der Waals surface area contributed by atoms with Gasteiger partial charge in [-0.15, -0.1) is 0 Å². The van der Waals surface area contributed by atoms with Crippen LogP contribution in [0.25, 0.3) is 5.57 Å². The molecule has 0 bridgehead atoms. The second-order valence-electron chi connectivity index (χ2n) is 4.45. The predicted molar refractivity (Wildman–Crippen MR) is 74.5 cm³/mol. The molecule has 0 radical (unpaired) electrons. The minimum Gasteiger partial charge on any atom is -0.396 e. The summed E-state index contributed by atoms with van der Waals surface area (Å²) in [7, 11) is 0.